The zero-order valence-electron chi connectivity index (χ0n) is 7.70. The summed E-state index contributed by atoms with van der Waals surface area (Å²) in [6.07, 6.45) is 0.851. The minimum absolute atomic E-state index is 0.0863. The Morgan fingerprint density at radius 1 is 1.50 bits per heavy atom. The average Bonchev–Trinajstić information content (AvgIpc) is 2.18. The van der Waals surface area contributed by atoms with Crippen molar-refractivity contribution in [3.63, 3.8) is 0 Å². The second-order valence-corrected chi connectivity index (χ2v) is 3.31. The number of hydrogen-bond acceptors (Lipinski definition) is 3. The molecule has 1 aliphatic rings. The number of aliphatic imine (C=N–C) groups is 1. The van der Waals surface area contributed by atoms with Crippen molar-refractivity contribution in [3.8, 4) is 0 Å². The maximum absolute atomic E-state index is 12.9. The summed E-state index contributed by atoms with van der Waals surface area (Å²) in [5.41, 5.74) is 6.46. The largest absolute Gasteiger partial charge is 0.370 e. The van der Waals surface area contributed by atoms with Gasteiger partial charge in [-0.2, -0.15) is 0 Å². The van der Waals surface area contributed by atoms with Gasteiger partial charge in [-0.15, -0.1) is 0 Å². The molecule has 0 saturated heterocycles. The number of nitrogens with one attached hydrogen (secondary N) is 1. The molecule has 1 unspecified atom stereocenters. The molecular formula is C10H12FN3. The van der Waals surface area contributed by atoms with Crippen LogP contribution in [0.4, 0.5) is 4.39 Å². The van der Waals surface area contributed by atoms with Crippen molar-refractivity contribution < 1.29 is 4.39 Å². The minimum atomic E-state index is -0.217. The van der Waals surface area contributed by atoms with E-state index in [9.17, 15) is 4.39 Å². The van der Waals surface area contributed by atoms with E-state index in [-0.39, 0.29) is 11.9 Å². The second kappa shape index (κ2) is 3.65. The number of benzene rings is 1. The third-order valence-electron chi connectivity index (χ3n) is 2.27. The first-order chi connectivity index (χ1) is 6.75. The van der Waals surface area contributed by atoms with Gasteiger partial charge in [0.2, 0.25) is 0 Å². The molecule has 0 radical (unpaired) electrons. The lowest BCUT2D eigenvalue weighted by Crippen LogP contribution is -2.38. The van der Waals surface area contributed by atoms with Crippen LogP contribution < -0.4 is 11.1 Å². The summed E-state index contributed by atoms with van der Waals surface area (Å²) >= 11 is 0. The van der Waals surface area contributed by atoms with E-state index in [0.717, 1.165) is 12.0 Å². The van der Waals surface area contributed by atoms with Crippen LogP contribution in [0.2, 0.25) is 0 Å². The highest BCUT2D eigenvalue weighted by Gasteiger charge is 2.15. The molecule has 1 aromatic rings. The van der Waals surface area contributed by atoms with E-state index in [4.69, 9.17) is 5.73 Å². The summed E-state index contributed by atoms with van der Waals surface area (Å²) in [4.78, 5) is 4.02. The van der Waals surface area contributed by atoms with Crippen molar-refractivity contribution in [2.45, 2.75) is 12.5 Å². The Morgan fingerprint density at radius 3 is 3.07 bits per heavy atom. The lowest BCUT2D eigenvalue weighted by atomic mass is 10.0. The standard InChI is InChI=1S/C10H12FN3/c11-8-3-1-2-7(6-8)9-4-5-13-10(12)14-9/h1-3,6,9H,4-5H2,(H3,12,13,14). The minimum Gasteiger partial charge on any atom is -0.370 e. The molecular weight excluding hydrogens is 181 g/mol. The van der Waals surface area contributed by atoms with Crippen LogP contribution in [0.15, 0.2) is 29.3 Å². The van der Waals surface area contributed by atoms with Crippen molar-refractivity contribution in [2.24, 2.45) is 10.7 Å². The van der Waals surface area contributed by atoms with Crippen LogP contribution in [0.1, 0.15) is 18.0 Å². The van der Waals surface area contributed by atoms with Crippen LogP contribution in [0.25, 0.3) is 0 Å². The van der Waals surface area contributed by atoms with E-state index in [1.807, 2.05) is 6.07 Å². The highest BCUT2D eigenvalue weighted by atomic mass is 19.1. The normalized spacial score (nSPS) is 21.2. The summed E-state index contributed by atoms with van der Waals surface area (Å²) in [6, 6.07) is 6.64. The summed E-state index contributed by atoms with van der Waals surface area (Å²) < 4.78 is 12.9. The van der Waals surface area contributed by atoms with Gasteiger partial charge in [0.1, 0.15) is 5.82 Å². The zero-order chi connectivity index (χ0) is 9.97. The molecule has 3 nitrogen and oxygen atoms in total. The Labute approximate surface area is 81.8 Å². The van der Waals surface area contributed by atoms with Crippen LogP contribution >= 0.6 is 0 Å². The molecule has 2 rings (SSSR count). The van der Waals surface area contributed by atoms with Crippen LogP contribution in [-0.2, 0) is 0 Å². The maximum atomic E-state index is 12.9. The first kappa shape index (κ1) is 8.99. The number of rotatable bonds is 1. The molecule has 1 atom stereocenters. The predicted octanol–water partition coefficient (Wildman–Crippen LogP) is 1.17. The number of guanidine groups is 1. The Bertz CT molecular complexity index is 362. The van der Waals surface area contributed by atoms with Gasteiger partial charge < -0.3 is 11.1 Å². The molecule has 0 saturated carbocycles. The topological polar surface area (TPSA) is 50.4 Å². The van der Waals surface area contributed by atoms with Gasteiger partial charge in [-0.05, 0) is 24.1 Å². The van der Waals surface area contributed by atoms with Gasteiger partial charge in [0.25, 0.3) is 0 Å². The van der Waals surface area contributed by atoms with Crippen molar-refractivity contribution in [3.05, 3.63) is 35.6 Å². The molecule has 14 heavy (non-hydrogen) atoms. The first-order valence-electron chi connectivity index (χ1n) is 4.57. The summed E-state index contributed by atoms with van der Waals surface area (Å²) in [5.74, 6) is 0.218. The number of halogens is 1. The first-order valence-corrected chi connectivity index (χ1v) is 4.57. The van der Waals surface area contributed by atoms with Crippen LogP contribution in [0.3, 0.4) is 0 Å². The third-order valence-corrected chi connectivity index (χ3v) is 2.27. The summed E-state index contributed by atoms with van der Waals surface area (Å²) in [6.45, 7) is 0.694. The Balaban J connectivity index is 2.19. The number of nitrogens with two attached hydrogens (primary N) is 1. The van der Waals surface area contributed by atoms with Crippen LogP contribution in [0, 0.1) is 5.82 Å². The van der Waals surface area contributed by atoms with Crippen LogP contribution in [0.5, 0.6) is 0 Å². The molecule has 0 aromatic heterocycles. The molecule has 0 fully saturated rings. The maximum Gasteiger partial charge on any atom is 0.189 e. The van der Waals surface area contributed by atoms with E-state index in [0.29, 0.717) is 12.5 Å². The molecule has 3 N–H and O–H groups in total. The zero-order valence-corrected chi connectivity index (χ0v) is 7.70. The monoisotopic (exact) mass is 193 g/mol. The molecule has 1 heterocycles. The Hall–Kier alpha value is -1.58. The van der Waals surface area contributed by atoms with Crippen LogP contribution in [-0.4, -0.2) is 12.5 Å². The molecule has 0 amide bonds. The van der Waals surface area contributed by atoms with Gasteiger partial charge in [0, 0.05) is 6.54 Å². The molecule has 74 valence electrons. The fraction of sp³-hybridized carbons (Fsp3) is 0.300. The van der Waals surface area contributed by atoms with E-state index in [2.05, 4.69) is 10.3 Å². The lowest BCUT2D eigenvalue weighted by Gasteiger charge is -2.22. The average molecular weight is 193 g/mol. The highest BCUT2D eigenvalue weighted by Crippen LogP contribution is 2.19. The predicted molar refractivity (Wildman–Crippen MR) is 53.4 cm³/mol. The van der Waals surface area contributed by atoms with Crippen molar-refractivity contribution >= 4 is 5.96 Å². The summed E-state index contributed by atoms with van der Waals surface area (Å²) in [7, 11) is 0. The molecule has 1 aliphatic heterocycles. The smallest absolute Gasteiger partial charge is 0.189 e. The van der Waals surface area contributed by atoms with Crippen molar-refractivity contribution in [1.29, 1.82) is 0 Å². The molecule has 0 aliphatic carbocycles. The molecule has 0 spiro atoms. The van der Waals surface area contributed by atoms with E-state index in [1.54, 1.807) is 6.07 Å². The quantitative estimate of drug-likeness (QED) is 0.703. The summed E-state index contributed by atoms with van der Waals surface area (Å²) in [5, 5.41) is 3.02. The highest BCUT2D eigenvalue weighted by molar-refractivity contribution is 5.78. The van der Waals surface area contributed by atoms with Gasteiger partial charge in [0.05, 0.1) is 6.04 Å². The van der Waals surface area contributed by atoms with Gasteiger partial charge in [-0.3, -0.25) is 4.99 Å². The fourth-order valence-corrected chi connectivity index (χ4v) is 1.58. The van der Waals surface area contributed by atoms with Crippen molar-refractivity contribution in [1.82, 2.24) is 5.32 Å². The second-order valence-electron chi connectivity index (χ2n) is 3.31. The molecule has 1 aromatic carbocycles. The third kappa shape index (κ3) is 1.84. The Morgan fingerprint density at radius 2 is 2.36 bits per heavy atom. The van der Waals surface area contributed by atoms with Gasteiger partial charge in [-0.1, -0.05) is 12.1 Å². The van der Waals surface area contributed by atoms with Gasteiger partial charge in [-0.25, -0.2) is 4.39 Å². The lowest BCUT2D eigenvalue weighted by molar-refractivity contribution is 0.559. The van der Waals surface area contributed by atoms with Crippen molar-refractivity contribution in [2.75, 3.05) is 6.54 Å². The number of hydrogen-bond donors (Lipinski definition) is 2. The van der Waals surface area contributed by atoms with Gasteiger partial charge in [0.15, 0.2) is 5.96 Å². The fourth-order valence-electron chi connectivity index (χ4n) is 1.58. The Kier molecular flexibility index (Phi) is 2.35. The molecule has 4 heteroatoms. The SMILES string of the molecule is NC1=NCCC(c2cccc(F)c2)N1. The van der Waals surface area contributed by atoms with E-state index >= 15 is 0 Å². The molecule has 0 bridgehead atoms. The van der Waals surface area contributed by atoms with Gasteiger partial charge >= 0.3 is 0 Å². The van der Waals surface area contributed by atoms with E-state index in [1.165, 1.54) is 12.1 Å². The van der Waals surface area contributed by atoms with E-state index < -0.39 is 0 Å². The number of nitrogens with zero attached hydrogens (tertiary/aromatic N) is 1.